The lowest BCUT2D eigenvalue weighted by molar-refractivity contribution is 0.101. The van der Waals surface area contributed by atoms with Gasteiger partial charge in [0.05, 0.1) is 24.4 Å². The molecule has 1 aliphatic rings. The Bertz CT molecular complexity index is 412. The fraction of sp³-hybridized carbons (Fsp3) is 0.643. The molecule has 1 saturated carbocycles. The molecule has 0 aliphatic heterocycles. The number of nitrogen functional groups attached to an aromatic ring is 1. The summed E-state index contributed by atoms with van der Waals surface area (Å²) in [6.45, 7) is 2.69. The Kier molecular flexibility index (Phi) is 4.85. The molecule has 5 nitrogen and oxygen atoms in total. The van der Waals surface area contributed by atoms with Gasteiger partial charge in [-0.05, 0) is 37.8 Å². The summed E-state index contributed by atoms with van der Waals surface area (Å²) in [6, 6.07) is 4.04. The summed E-state index contributed by atoms with van der Waals surface area (Å²) >= 11 is 0. The van der Waals surface area contributed by atoms with Crippen molar-refractivity contribution in [2.45, 2.75) is 44.8 Å². The Labute approximate surface area is 114 Å². The van der Waals surface area contributed by atoms with Gasteiger partial charge in [-0.2, -0.15) is 4.98 Å². The first-order valence-corrected chi connectivity index (χ1v) is 6.93. The maximum absolute atomic E-state index is 5.85. The Morgan fingerprint density at radius 3 is 3.00 bits per heavy atom. The average Bonchev–Trinajstić information content (AvgIpc) is 2.86. The molecule has 5 heteroatoms. The first-order valence-electron chi connectivity index (χ1n) is 6.93. The molecule has 0 spiro atoms. The summed E-state index contributed by atoms with van der Waals surface area (Å²) in [4.78, 5) is 4.43. The second kappa shape index (κ2) is 6.61. The molecule has 0 aromatic carbocycles. The number of methoxy groups -OCH3 is 1. The molecular formula is C14H23N3O2. The fourth-order valence-corrected chi connectivity index (χ4v) is 2.41. The van der Waals surface area contributed by atoms with Crippen LogP contribution in [0.4, 0.5) is 11.5 Å². The highest BCUT2D eigenvalue weighted by Gasteiger charge is 2.27. The molecule has 1 aromatic heterocycles. The zero-order valence-corrected chi connectivity index (χ0v) is 11.7. The predicted molar refractivity (Wildman–Crippen MR) is 76.5 cm³/mol. The Balaban J connectivity index is 2.03. The van der Waals surface area contributed by atoms with Gasteiger partial charge in [0, 0.05) is 7.11 Å². The summed E-state index contributed by atoms with van der Waals surface area (Å²) in [5, 5.41) is 3.41. The monoisotopic (exact) mass is 265 g/mol. The molecule has 2 atom stereocenters. The molecule has 0 bridgehead atoms. The van der Waals surface area contributed by atoms with Crippen molar-refractivity contribution in [3.8, 4) is 5.88 Å². The molecule has 19 heavy (non-hydrogen) atoms. The molecule has 1 fully saturated rings. The van der Waals surface area contributed by atoms with E-state index in [-0.39, 0.29) is 6.10 Å². The number of nitrogens with two attached hydrogens (primary N) is 1. The van der Waals surface area contributed by atoms with Gasteiger partial charge in [0.15, 0.2) is 0 Å². The highest BCUT2D eigenvalue weighted by Crippen LogP contribution is 2.26. The number of nitrogens with zero attached hydrogens (tertiary/aromatic N) is 1. The number of aromatic nitrogens is 1. The third-order valence-electron chi connectivity index (χ3n) is 3.42. The number of hydrogen-bond donors (Lipinski definition) is 2. The summed E-state index contributed by atoms with van der Waals surface area (Å²) < 4.78 is 11.0. The maximum Gasteiger partial charge on any atom is 0.239 e. The van der Waals surface area contributed by atoms with Crippen LogP contribution >= 0.6 is 0 Å². The van der Waals surface area contributed by atoms with Gasteiger partial charge in [-0.15, -0.1) is 0 Å². The minimum Gasteiger partial charge on any atom is -0.476 e. The van der Waals surface area contributed by atoms with E-state index in [1.54, 1.807) is 7.11 Å². The van der Waals surface area contributed by atoms with Crippen LogP contribution in [-0.2, 0) is 4.74 Å². The van der Waals surface area contributed by atoms with Crippen molar-refractivity contribution in [3.63, 3.8) is 0 Å². The largest absolute Gasteiger partial charge is 0.476 e. The topological polar surface area (TPSA) is 69.4 Å². The summed E-state index contributed by atoms with van der Waals surface area (Å²) in [5.74, 6) is 1.31. The van der Waals surface area contributed by atoms with Crippen molar-refractivity contribution in [1.29, 1.82) is 0 Å². The van der Waals surface area contributed by atoms with Gasteiger partial charge in [0.2, 0.25) is 5.88 Å². The van der Waals surface area contributed by atoms with Gasteiger partial charge in [-0.25, -0.2) is 0 Å². The van der Waals surface area contributed by atoms with Gasteiger partial charge in [-0.1, -0.05) is 6.92 Å². The number of anilines is 2. The van der Waals surface area contributed by atoms with Crippen LogP contribution in [0.15, 0.2) is 12.1 Å². The molecule has 2 rings (SSSR count). The first kappa shape index (κ1) is 13.9. The van der Waals surface area contributed by atoms with E-state index in [0.717, 1.165) is 25.1 Å². The van der Waals surface area contributed by atoms with Crippen LogP contribution in [0.1, 0.15) is 32.6 Å². The minimum atomic E-state index is 0.263. The fourth-order valence-electron chi connectivity index (χ4n) is 2.41. The van der Waals surface area contributed by atoms with Crippen molar-refractivity contribution >= 4 is 11.5 Å². The van der Waals surface area contributed by atoms with Crippen LogP contribution in [-0.4, -0.2) is 30.8 Å². The van der Waals surface area contributed by atoms with E-state index in [1.165, 1.54) is 6.42 Å². The highest BCUT2D eigenvalue weighted by molar-refractivity contribution is 5.54. The molecule has 3 N–H and O–H groups in total. The molecule has 0 radical (unpaired) electrons. The molecule has 1 aliphatic carbocycles. The van der Waals surface area contributed by atoms with E-state index in [4.69, 9.17) is 15.2 Å². The van der Waals surface area contributed by atoms with Crippen molar-refractivity contribution in [2.75, 3.05) is 24.8 Å². The van der Waals surface area contributed by atoms with E-state index in [2.05, 4.69) is 17.2 Å². The zero-order chi connectivity index (χ0) is 13.7. The molecule has 0 amide bonds. The van der Waals surface area contributed by atoms with Crippen LogP contribution in [0.5, 0.6) is 5.88 Å². The van der Waals surface area contributed by atoms with E-state index in [1.807, 2.05) is 12.1 Å². The van der Waals surface area contributed by atoms with E-state index in [0.29, 0.717) is 24.2 Å². The van der Waals surface area contributed by atoms with Gasteiger partial charge in [0.25, 0.3) is 0 Å². The summed E-state index contributed by atoms with van der Waals surface area (Å²) in [7, 11) is 1.76. The third-order valence-corrected chi connectivity index (χ3v) is 3.42. The van der Waals surface area contributed by atoms with Crippen LogP contribution < -0.4 is 15.8 Å². The number of pyridine rings is 1. The van der Waals surface area contributed by atoms with Crippen LogP contribution in [0.25, 0.3) is 0 Å². The van der Waals surface area contributed by atoms with Gasteiger partial charge < -0.3 is 20.5 Å². The van der Waals surface area contributed by atoms with Crippen molar-refractivity contribution < 1.29 is 9.47 Å². The Morgan fingerprint density at radius 2 is 2.26 bits per heavy atom. The SMILES string of the molecule is CCCOc1nc(NC2CCCC2OC)ccc1N. The smallest absolute Gasteiger partial charge is 0.239 e. The Hall–Kier alpha value is -1.49. The molecule has 1 aromatic rings. The number of ether oxygens (including phenoxy) is 2. The lowest BCUT2D eigenvalue weighted by atomic mass is 10.2. The standard InChI is InChI=1S/C14H23N3O2/c1-3-9-19-14-10(15)7-8-13(17-14)16-11-5-4-6-12(11)18-2/h7-8,11-12H,3-6,9,15H2,1-2H3,(H,16,17). The number of rotatable bonds is 6. The van der Waals surface area contributed by atoms with Gasteiger partial charge >= 0.3 is 0 Å². The zero-order valence-electron chi connectivity index (χ0n) is 11.7. The summed E-state index contributed by atoms with van der Waals surface area (Å²) in [5.41, 5.74) is 6.43. The van der Waals surface area contributed by atoms with E-state index in [9.17, 15) is 0 Å². The summed E-state index contributed by atoms with van der Waals surface area (Å²) in [6.07, 6.45) is 4.59. The first-order chi connectivity index (χ1) is 9.24. The lowest BCUT2D eigenvalue weighted by Gasteiger charge is -2.20. The lowest BCUT2D eigenvalue weighted by Crippen LogP contribution is -2.30. The van der Waals surface area contributed by atoms with Crippen LogP contribution in [0.3, 0.4) is 0 Å². The van der Waals surface area contributed by atoms with Crippen molar-refractivity contribution in [2.24, 2.45) is 0 Å². The van der Waals surface area contributed by atoms with Crippen LogP contribution in [0, 0.1) is 0 Å². The molecular weight excluding hydrogens is 242 g/mol. The minimum absolute atomic E-state index is 0.263. The van der Waals surface area contributed by atoms with Gasteiger partial charge in [0.1, 0.15) is 5.82 Å². The number of nitrogens with one attached hydrogen (secondary N) is 1. The second-order valence-electron chi connectivity index (χ2n) is 4.90. The molecule has 2 unspecified atom stereocenters. The molecule has 0 saturated heterocycles. The van der Waals surface area contributed by atoms with Gasteiger partial charge in [-0.3, -0.25) is 0 Å². The van der Waals surface area contributed by atoms with E-state index >= 15 is 0 Å². The second-order valence-corrected chi connectivity index (χ2v) is 4.90. The molecule has 1 heterocycles. The average molecular weight is 265 g/mol. The maximum atomic E-state index is 5.85. The van der Waals surface area contributed by atoms with E-state index < -0.39 is 0 Å². The quantitative estimate of drug-likeness (QED) is 0.826. The predicted octanol–water partition coefficient (Wildman–Crippen LogP) is 2.43. The normalized spacial score (nSPS) is 22.4. The molecule has 106 valence electrons. The van der Waals surface area contributed by atoms with Crippen LogP contribution in [0.2, 0.25) is 0 Å². The van der Waals surface area contributed by atoms with Crippen molar-refractivity contribution in [1.82, 2.24) is 4.98 Å². The number of hydrogen-bond acceptors (Lipinski definition) is 5. The highest BCUT2D eigenvalue weighted by atomic mass is 16.5. The third kappa shape index (κ3) is 3.50. The Morgan fingerprint density at radius 1 is 1.42 bits per heavy atom. The van der Waals surface area contributed by atoms with Crippen molar-refractivity contribution in [3.05, 3.63) is 12.1 Å².